The molecule has 0 heterocycles. The molecule has 0 radical (unpaired) electrons. The summed E-state index contributed by atoms with van der Waals surface area (Å²) < 4.78 is 5.83. The molecule has 0 aromatic heterocycles. The van der Waals surface area contributed by atoms with Crippen molar-refractivity contribution in [1.82, 2.24) is 10.2 Å². The summed E-state index contributed by atoms with van der Waals surface area (Å²) in [4.78, 5) is 26.8. The minimum absolute atomic E-state index is 0.238. The largest absolute Gasteiger partial charge is 0.489 e. The zero-order valence-corrected chi connectivity index (χ0v) is 22.0. The summed E-state index contributed by atoms with van der Waals surface area (Å²) in [5.41, 5.74) is 1.96. The number of nitrogens with zero attached hydrogens (tertiary/aromatic N) is 1. The number of ether oxygens (including phenoxy) is 1. The van der Waals surface area contributed by atoms with Gasteiger partial charge in [0.1, 0.15) is 18.4 Å². The van der Waals surface area contributed by atoms with Crippen molar-refractivity contribution in [3.05, 3.63) is 98.5 Å². The molecule has 1 N–H and O–H groups in total. The van der Waals surface area contributed by atoms with Crippen molar-refractivity contribution in [3.8, 4) is 5.75 Å². The predicted molar refractivity (Wildman–Crippen MR) is 141 cm³/mol. The SMILES string of the molecule is CC(C)(C)NC(=O)C(c1ccc(Cl)cc1)N(C=O)Cc1ccc(OCc2ccc(Cl)c(Cl)c2)cc1. The van der Waals surface area contributed by atoms with Gasteiger partial charge in [0.15, 0.2) is 0 Å². The summed E-state index contributed by atoms with van der Waals surface area (Å²) in [6, 6.07) is 18.8. The number of amides is 2. The highest BCUT2D eigenvalue weighted by Crippen LogP contribution is 2.26. The van der Waals surface area contributed by atoms with Gasteiger partial charge in [-0.05, 0) is 73.9 Å². The van der Waals surface area contributed by atoms with E-state index in [-0.39, 0.29) is 12.5 Å². The second kappa shape index (κ2) is 11.8. The van der Waals surface area contributed by atoms with E-state index >= 15 is 0 Å². The molecule has 184 valence electrons. The molecule has 0 bridgehead atoms. The second-order valence-electron chi connectivity index (χ2n) is 9.15. The molecule has 3 aromatic rings. The van der Waals surface area contributed by atoms with Gasteiger partial charge in [-0.25, -0.2) is 0 Å². The third-order valence-corrected chi connectivity index (χ3v) is 6.07. The quantitative estimate of drug-likeness (QED) is 0.306. The summed E-state index contributed by atoms with van der Waals surface area (Å²) in [5.74, 6) is 0.394. The smallest absolute Gasteiger partial charge is 0.247 e. The Bertz CT molecular complexity index is 1160. The van der Waals surface area contributed by atoms with Crippen molar-refractivity contribution >= 4 is 47.1 Å². The predicted octanol–water partition coefficient (Wildman–Crippen LogP) is 6.84. The van der Waals surface area contributed by atoms with Crippen LogP contribution in [0.1, 0.15) is 43.5 Å². The maximum atomic E-state index is 13.2. The number of benzene rings is 3. The standard InChI is InChI=1S/C27H27Cl3N2O3/c1-27(2,3)31-26(34)25(20-7-9-21(28)10-8-20)32(17-33)15-18-4-11-22(12-5-18)35-16-19-6-13-23(29)24(30)14-19/h4-14,17,25H,15-16H2,1-3H3,(H,31,34). The summed E-state index contributed by atoms with van der Waals surface area (Å²) in [6.45, 7) is 6.26. The third-order valence-electron chi connectivity index (χ3n) is 5.08. The van der Waals surface area contributed by atoms with E-state index in [1.54, 1.807) is 36.4 Å². The van der Waals surface area contributed by atoms with Crippen LogP contribution in [0.5, 0.6) is 5.75 Å². The molecule has 0 saturated carbocycles. The Morgan fingerprint density at radius 2 is 1.57 bits per heavy atom. The minimum Gasteiger partial charge on any atom is -0.489 e. The van der Waals surface area contributed by atoms with Crippen LogP contribution in [0.25, 0.3) is 0 Å². The monoisotopic (exact) mass is 532 g/mol. The number of hydrogen-bond donors (Lipinski definition) is 1. The first-order valence-electron chi connectivity index (χ1n) is 11.0. The molecule has 3 rings (SSSR count). The molecule has 8 heteroatoms. The molecule has 35 heavy (non-hydrogen) atoms. The zero-order chi connectivity index (χ0) is 25.6. The lowest BCUT2D eigenvalue weighted by molar-refractivity contribution is -0.134. The zero-order valence-electron chi connectivity index (χ0n) is 19.7. The Morgan fingerprint density at radius 1 is 0.943 bits per heavy atom. The lowest BCUT2D eigenvalue weighted by Gasteiger charge is -2.31. The van der Waals surface area contributed by atoms with Gasteiger partial charge in [0.25, 0.3) is 0 Å². The van der Waals surface area contributed by atoms with Crippen molar-refractivity contribution in [2.24, 2.45) is 0 Å². The van der Waals surface area contributed by atoms with Crippen LogP contribution in [0.4, 0.5) is 0 Å². The molecule has 0 saturated heterocycles. The summed E-state index contributed by atoms with van der Waals surface area (Å²) in [5, 5.41) is 4.49. The molecule has 5 nitrogen and oxygen atoms in total. The Hall–Kier alpha value is -2.73. The van der Waals surface area contributed by atoms with Crippen LogP contribution in [-0.4, -0.2) is 22.8 Å². The minimum atomic E-state index is -0.811. The first kappa shape index (κ1) is 26.9. The number of carbonyl (C=O) groups excluding carboxylic acids is 2. The Kier molecular flexibility index (Phi) is 9.06. The van der Waals surface area contributed by atoms with Gasteiger partial charge in [-0.15, -0.1) is 0 Å². The van der Waals surface area contributed by atoms with E-state index in [1.807, 2.05) is 51.1 Å². The van der Waals surface area contributed by atoms with Crippen LogP contribution in [0, 0.1) is 0 Å². The maximum Gasteiger partial charge on any atom is 0.247 e. The Morgan fingerprint density at radius 3 is 2.14 bits per heavy atom. The molecule has 1 atom stereocenters. The normalized spacial score (nSPS) is 12.1. The van der Waals surface area contributed by atoms with Gasteiger partial charge in [-0.2, -0.15) is 0 Å². The average molecular weight is 534 g/mol. The Balaban J connectivity index is 1.74. The molecule has 2 amide bonds. The lowest BCUT2D eigenvalue weighted by atomic mass is 10.0. The van der Waals surface area contributed by atoms with Gasteiger partial charge in [0.2, 0.25) is 12.3 Å². The first-order valence-corrected chi connectivity index (χ1v) is 12.1. The van der Waals surface area contributed by atoms with Crippen molar-refractivity contribution in [2.45, 2.75) is 45.5 Å². The average Bonchev–Trinajstić information content (AvgIpc) is 2.80. The van der Waals surface area contributed by atoms with Crippen LogP contribution >= 0.6 is 34.8 Å². The highest BCUT2D eigenvalue weighted by molar-refractivity contribution is 6.42. The van der Waals surface area contributed by atoms with E-state index in [9.17, 15) is 9.59 Å². The highest BCUT2D eigenvalue weighted by Gasteiger charge is 2.29. The van der Waals surface area contributed by atoms with E-state index in [0.29, 0.717) is 39.4 Å². The van der Waals surface area contributed by atoms with Crippen LogP contribution in [0.15, 0.2) is 66.7 Å². The van der Waals surface area contributed by atoms with Crippen molar-refractivity contribution in [2.75, 3.05) is 0 Å². The van der Waals surface area contributed by atoms with Gasteiger partial charge in [-0.1, -0.05) is 65.1 Å². The van der Waals surface area contributed by atoms with Gasteiger partial charge < -0.3 is 15.0 Å². The number of hydrogen-bond acceptors (Lipinski definition) is 3. The van der Waals surface area contributed by atoms with Gasteiger partial charge in [-0.3, -0.25) is 9.59 Å². The van der Waals surface area contributed by atoms with Crippen LogP contribution in [0.3, 0.4) is 0 Å². The third kappa shape index (κ3) is 7.89. The molecule has 0 aliphatic heterocycles. The lowest BCUT2D eigenvalue weighted by Crippen LogP contribution is -2.47. The van der Waals surface area contributed by atoms with Gasteiger partial charge in [0.05, 0.1) is 10.0 Å². The van der Waals surface area contributed by atoms with E-state index in [0.717, 1.165) is 11.1 Å². The topological polar surface area (TPSA) is 58.6 Å². The van der Waals surface area contributed by atoms with Crippen molar-refractivity contribution < 1.29 is 14.3 Å². The molecular formula is C27H27Cl3N2O3. The molecule has 1 unspecified atom stereocenters. The first-order chi connectivity index (χ1) is 16.6. The highest BCUT2D eigenvalue weighted by atomic mass is 35.5. The fraction of sp³-hybridized carbons (Fsp3) is 0.259. The van der Waals surface area contributed by atoms with Crippen molar-refractivity contribution in [3.63, 3.8) is 0 Å². The number of carbonyl (C=O) groups is 2. The van der Waals surface area contributed by atoms with E-state index in [1.165, 1.54) is 4.90 Å². The van der Waals surface area contributed by atoms with E-state index in [4.69, 9.17) is 39.5 Å². The van der Waals surface area contributed by atoms with Crippen molar-refractivity contribution in [1.29, 1.82) is 0 Å². The van der Waals surface area contributed by atoms with Gasteiger partial charge >= 0.3 is 0 Å². The van der Waals surface area contributed by atoms with Crippen LogP contribution < -0.4 is 10.1 Å². The van der Waals surface area contributed by atoms with Crippen LogP contribution in [0.2, 0.25) is 15.1 Å². The summed E-state index contributed by atoms with van der Waals surface area (Å²) in [7, 11) is 0. The molecular weight excluding hydrogens is 507 g/mol. The molecule has 3 aromatic carbocycles. The molecule has 0 fully saturated rings. The van der Waals surface area contributed by atoms with E-state index in [2.05, 4.69) is 5.32 Å². The summed E-state index contributed by atoms with van der Waals surface area (Å²) >= 11 is 18.0. The maximum absolute atomic E-state index is 13.2. The van der Waals surface area contributed by atoms with E-state index < -0.39 is 11.6 Å². The molecule has 0 aliphatic rings. The fourth-order valence-electron chi connectivity index (χ4n) is 3.46. The molecule has 0 aliphatic carbocycles. The number of halogens is 3. The molecule has 0 spiro atoms. The van der Waals surface area contributed by atoms with Crippen LogP contribution in [-0.2, 0) is 22.7 Å². The fourth-order valence-corrected chi connectivity index (χ4v) is 3.91. The summed E-state index contributed by atoms with van der Waals surface area (Å²) in [6.07, 6.45) is 0.691. The second-order valence-corrected chi connectivity index (χ2v) is 10.4. The van der Waals surface area contributed by atoms with Gasteiger partial charge in [0, 0.05) is 17.1 Å². The Labute approximate surface area is 220 Å². The number of nitrogens with one attached hydrogen (secondary N) is 1. The number of rotatable bonds is 9.